The Morgan fingerprint density at radius 1 is 0.778 bits per heavy atom. The number of hydrogen-bond acceptors (Lipinski definition) is 8. The molecule has 1 rings (SSSR count). The van der Waals surface area contributed by atoms with Crippen LogP contribution in [0.25, 0.3) is 6.08 Å². The number of alkyl carbamates (subject to hydrolysis) is 1. The highest BCUT2D eigenvalue weighted by Gasteiger charge is 2.29. The second-order valence-corrected chi connectivity index (χ2v) is 11.2. The van der Waals surface area contributed by atoms with Gasteiger partial charge in [0.1, 0.15) is 28.4 Å². The van der Waals surface area contributed by atoms with Crippen LogP contribution in [0, 0.1) is 0 Å². The van der Waals surface area contributed by atoms with Crippen LogP contribution < -0.4 is 5.32 Å². The van der Waals surface area contributed by atoms with Crippen molar-refractivity contribution >= 4 is 30.1 Å². The highest BCUT2D eigenvalue weighted by Crippen LogP contribution is 2.19. The maximum atomic E-state index is 12.7. The fraction of sp³-hybridized carbons (Fsp3) is 0.556. The molecule has 0 aliphatic heterocycles. The summed E-state index contributed by atoms with van der Waals surface area (Å²) in [6.45, 7) is 15.4. The van der Waals surface area contributed by atoms with Gasteiger partial charge in [0.25, 0.3) is 0 Å². The molecule has 0 radical (unpaired) electrons. The average molecular weight is 506 g/mol. The molecule has 0 heterocycles. The van der Waals surface area contributed by atoms with Crippen molar-refractivity contribution in [3.05, 3.63) is 41.0 Å². The Kier molecular flexibility index (Phi) is 10.3. The molecule has 9 heteroatoms. The molecule has 1 aromatic rings. The van der Waals surface area contributed by atoms with E-state index >= 15 is 0 Å². The SMILES string of the molecule is COC(=O)[C@H](Cc1ccc(C=C(C(=O)OC(C)(C)C)C(=O)OC(C)(C)C)cc1)NC(=O)OC(C)(C)C. The largest absolute Gasteiger partial charge is 0.467 e. The van der Waals surface area contributed by atoms with Crippen molar-refractivity contribution in [1.29, 1.82) is 0 Å². The van der Waals surface area contributed by atoms with Crippen molar-refractivity contribution in [2.45, 2.75) is 91.6 Å². The van der Waals surface area contributed by atoms with Crippen molar-refractivity contribution in [2.75, 3.05) is 7.11 Å². The third-order valence-corrected chi connectivity index (χ3v) is 4.14. The van der Waals surface area contributed by atoms with Crippen LogP contribution in [0.2, 0.25) is 0 Å². The lowest BCUT2D eigenvalue weighted by Crippen LogP contribution is -2.45. The average Bonchev–Trinajstić information content (AvgIpc) is 2.67. The van der Waals surface area contributed by atoms with E-state index in [4.69, 9.17) is 18.9 Å². The van der Waals surface area contributed by atoms with Crippen molar-refractivity contribution in [3.63, 3.8) is 0 Å². The van der Waals surface area contributed by atoms with Gasteiger partial charge in [-0.2, -0.15) is 0 Å². The Morgan fingerprint density at radius 2 is 1.22 bits per heavy atom. The molecule has 0 saturated carbocycles. The molecule has 36 heavy (non-hydrogen) atoms. The molecule has 0 unspecified atom stereocenters. The third-order valence-electron chi connectivity index (χ3n) is 4.14. The van der Waals surface area contributed by atoms with Gasteiger partial charge in [0.2, 0.25) is 0 Å². The van der Waals surface area contributed by atoms with Gasteiger partial charge in [-0.05, 0) is 79.5 Å². The van der Waals surface area contributed by atoms with Crippen molar-refractivity contribution in [2.24, 2.45) is 0 Å². The molecule has 200 valence electrons. The van der Waals surface area contributed by atoms with E-state index in [0.717, 1.165) is 0 Å². The molecule has 1 atom stereocenters. The molecule has 0 bridgehead atoms. The Morgan fingerprint density at radius 3 is 1.61 bits per heavy atom. The van der Waals surface area contributed by atoms with Crippen LogP contribution in [0.3, 0.4) is 0 Å². The van der Waals surface area contributed by atoms with E-state index in [1.54, 1.807) is 86.6 Å². The molecule has 0 saturated heterocycles. The Balaban J connectivity index is 3.16. The molecule has 9 nitrogen and oxygen atoms in total. The van der Waals surface area contributed by atoms with Crippen LogP contribution in [0.4, 0.5) is 4.79 Å². The van der Waals surface area contributed by atoms with Gasteiger partial charge in [-0.25, -0.2) is 19.2 Å². The number of hydrogen-bond donors (Lipinski definition) is 1. The predicted octanol–water partition coefficient (Wildman–Crippen LogP) is 4.36. The lowest BCUT2D eigenvalue weighted by molar-refractivity contribution is -0.158. The third kappa shape index (κ3) is 11.9. The quantitative estimate of drug-likeness (QED) is 0.191. The zero-order valence-corrected chi connectivity index (χ0v) is 22.9. The molecular formula is C27H39NO8. The van der Waals surface area contributed by atoms with Gasteiger partial charge in [-0.1, -0.05) is 24.3 Å². The minimum atomic E-state index is -0.967. The Hall–Kier alpha value is -3.36. The first-order valence-corrected chi connectivity index (χ1v) is 11.6. The fourth-order valence-corrected chi connectivity index (χ4v) is 2.81. The summed E-state index contributed by atoms with van der Waals surface area (Å²) in [6, 6.07) is 5.80. The molecule has 0 aromatic heterocycles. The van der Waals surface area contributed by atoms with E-state index < -0.39 is 46.8 Å². The highest BCUT2D eigenvalue weighted by atomic mass is 16.6. The van der Waals surface area contributed by atoms with Crippen LogP contribution in [-0.4, -0.2) is 54.0 Å². The number of ether oxygens (including phenoxy) is 4. The molecule has 0 aliphatic rings. The molecule has 0 aliphatic carbocycles. The molecular weight excluding hydrogens is 466 g/mol. The van der Waals surface area contributed by atoms with Crippen molar-refractivity contribution in [3.8, 4) is 0 Å². The van der Waals surface area contributed by atoms with Gasteiger partial charge in [-0.3, -0.25) is 0 Å². The summed E-state index contributed by atoms with van der Waals surface area (Å²) in [5.41, 5.74) is -1.32. The van der Waals surface area contributed by atoms with E-state index in [1.807, 2.05) is 0 Å². The summed E-state index contributed by atoms with van der Waals surface area (Å²) in [5, 5.41) is 2.52. The Labute approximate surface area is 213 Å². The number of esters is 3. The highest BCUT2D eigenvalue weighted by molar-refractivity contribution is 6.17. The number of nitrogens with one attached hydrogen (secondary N) is 1. The fourth-order valence-electron chi connectivity index (χ4n) is 2.81. The van der Waals surface area contributed by atoms with Crippen LogP contribution in [0.1, 0.15) is 73.4 Å². The van der Waals surface area contributed by atoms with E-state index in [-0.39, 0.29) is 12.0 Å². The first-order chi connectivity index (χ1) is 16.3. The van der Waals surface area contributed by atoms with Crippen LogP contribution in [0.15, 0.2) is 29.8 Å². The summed E-state index contributed by atoms with van der Waals surface area (Å²) in [6.07, 6.45) is 0.792. The summed E-state index contributed by atoms with van der Waals surface area (Å²) >= 11 is 0. The van der Waals surface area contributed by atoms with E-state index in [0.29, 0.717) is 11.1 Å². The topological polar surface area (TPSA) is 117 Å². The van der Waals surface area contributed by atoms with Gasteiger partial charge < -0.3 is 24.3 Å². The molecule has 1 N–H and O–H groups in total. The normalized spacial score (nSPS) is 12.6. The van der Waals surface area contributed by atoms with Crippen molar-refractivity contribution < 1.29 is 38.1 Å². The van der Waals surface area contributed by atoms with Gasteiger partial charge in [-0.15, -0.1) is 0 Å². The van der Waals surface area contributed by atoms with Gasteiger partial charge >= 0.3 is 24.0 Å². The molecule has 0 fully saturated rings. The lowest BCUT2D eigenvalue weighted by atomic mass is 10.0. The minimum Gasteiger partial charge on any atom is -0.467 e. The van der Waals surface area contributed by atoms with E-state index in [9.17, 15) is 19.2 Å². The number of benzene rings is 1. The summed E-state index contributed by atoms with van der Waals surface area (Å²) in [4.78, 5) is 49.8. The standard InChI is InChI=1S/C27H39NO8/c1-25(2,3)34-21(29)19(22(30)35-26(4,5)6)15-17-11-13-18(14-12-17)16-20(23(31)33-10)28-24(32)36-27(7,8)9/h11-15,20H,16H2,1-10H3,(H,28,32)/t20-/m0/s1. The first-order valence-electron chi connectivity index (χ1n) is 11.6. The van der Waals surface area contributed by atoms with Gasteiger partial charge in [0.15, 0.2) is 0 Å². The lowest BCUT2D eigenvalue weighted by Gasteiger charge is -2.23. The summed E-state index contributed by atoms with van der Waals surface area (Å²) < 4.78 is 20.8. The second-order valence-electron chi connectivity index (χ2n) is 11.2. The molecule has 1 amide bonds. The Bertz CT molecular complexity index is 943. The number of rotatable bonds is 7. The maximum absolute atomic E-state index is 12.7. The smallest absolute Gasteiger partial charge is 0.408 e. The summed E-state index contributed by atoms with van der Waals surface area (Å²) in [5.74, 6) is -2.22. The number of methoxy groups -OCH3 is 1. The van der Waals surface area contributed by atoms with Crippen LogP contribution in [0.5, 0.6) is 0 Å². The monoisotopic (exact) mass is 505 g/mol. The zero-order valence-electron chi connectivity index (χ0n) is 22.9. The van der Waals surface area contributed by atoms with E-state index in [2.05, 4.69) is 5.32 Å². The van der Waals surface area contributed by atoms with Crippen LogP contribution in [-0.2, 0) is 39.8 Å². The van der Waals surface area contributed by atoms with E-state index in [1.165, 1.54) is 13.2 Å². The van der Waals surface area contributed by atoms with Crippen molar-refractivity contribution in [1.82, 2.24) is 5.32 Å². The van der Waals surface area contributed by atoms with Crippen LogP contribution >= 0.6 is 0 Å². The molecule has 0 spiro atoms. The zero-order chi connectivity index (χ0) is 27.9. The number of carbonyl (C=O) groups is 4. The number of carbonyl (C=O) groups excluding carboxylic acids is 4. The molecule has 1 aromatic carbocycles. The minimum absolute atomic E-state index is 0.140. The maximum Gasteiger partial charge on any atom is 0.408 e. The van der Waals surface area contributed by atoms with Gasteiger partial charge in [0, 0.05) is 6.42 Å². The second kappa shape index (κ2) is 12.1. The number of amides is 1. The first kappa shape index (κ1) is 30.7. The van der Waals surface area contributed by atoms with Gasteiger partial charge in [0.05, 0.1) is 7.11 Å². The predicted molar refractivity (Wildman–Crippen MR) is 135 cm³/mol. The summed E-state index contributed by atoms with van der Waals surface area (Å²) in [7, 11) is 1.23.